The summed E-state index contributed by atoms with van der Waals surface area (Å²) in [7, 11) is 0. The Morgan fingerprint density at radius 2 is 2.17 bits per heavy atom. The second kappa shape index (κ2) is 8.92. The van der Waals surface area contributed by atoms with E-state index in [1.807, 2.05) is 32.0 Å². The summed E-state index contributed by atoms with van der Waals surface area (Å²) in [6.07, 6.45) is 4.96. The van der Waals surface area contributed by atoms with Crippen LogP contribution in [0.2, 0.25) is 0 Å². The zero-order valence-electron chi connectivity index (χ0n) is 14.7. The molecule has 0 spiro atoms. The molecule has 0 aliphatic carbocycles. The molecule has 128 valence electrons. The van der Waals surface area contributed by atoms with Crippen LogP contribution in [0.4, 0.5) is 0 Å². The van der Waals surface area contributed by atoms with Crippen molar-refractivity contribution in [2.45, 2.75) is 52.5 Å². The van der Waals surface area contributed by atoms with Gasteiger partial charge in [-0.3, -0.25) is 4.79 Å². The van der Waals surface area contributed by atoms with Crippen LogP contribution in [0.5, 0.6) is 5.75 Å². The molecule has 1 saturated heterocycles. The standard InChI is InChI=1S/C19H30N2O2/c1-15-8-9-16(2)18(13-15)23-14-19(22)20-10-6-12-21-11-5-4-7-17(21)3/h8-9,13,17H,4-7,10-12,14H2,1-3H3,(H,20,22). The summed E-state index contributed by atoms with van der Waals surface area (Å²) in [5, 5.41) is 2.95. The second-order valence-corrected chi connectivity index (χ2v) is 6.64. The number of hydrogen-bond acceptors (Lipinski definition) is 3. The lowest BCUT2D eigenvalue weighted by Crippen LogP contribution is -2.39. The van der Waals surface area contributed by atoms with E-state index in [1.165, 1.54) is 25.8 Å². The third-order valence-electron chi connectivity index (χ3n) is 4.59. The van der Waals surface area contributed by atoms with E-state index in [4.69, 9.17) is 4.74 Å². The van der Waals surface area contributed by atoms with Gasteiger partial charge in [-0.2, -0.15) is 0 Å². The van der Waals surface area contributed by atoms with Gasteiger partial charge in [0.15, 0.2) is 6.61 Å². The molecule has 1 heterocycles. The van der Waals surface area contributed by atoms with Crippen molar-refractivity contribution in [2.75, 3.05) is 26.2 Å². The molecular weight excluding hydrogens is 288 g/mol. The number of rotatable bonds is 7. The van der Waals surface area contributed by atoms with Crippen molar-refractivity contribution < 1.29 is 9.53 Å². The summed E-state index contributed by atoms with van der Waals surface area (Å²) >= 11 is 0. The quantitative estimate of drug-likeness (QED) is 0.786. The lowest BCUT2D eigenvalue weighted by Gasteiger charge is -2.33. The van der Waals surface area contributed by atoms with Gasteiger partial charge in [-0.25, -0.2) is 0 Å². The summed E-state index contributed by atoms with van der Waals surface area (Å²) in [5.74, 6) is 0.750. The molecule has 0 aromatic heterocycles. The summed E-state index contributed by atoms with van der Waals surface area (Å²) in [5.41, 5.74) is 2.20. The lowest BCUT2D eigenvalue weighted by molar-refractivity contribution is -0.123. The monoisotopic (exact) mass is 318 g/mol. The molecule has 4 nitrogen and oxygen atoms in total. The molecule has 0 radical (unpaired) electrons. The molecule has 1 aliphatic rings. The maximum atomic E-state index is 11.9. The molecule has 4 heteroatoms. The highest BCUT2D eigenvalue weighted by molar-refractivity contribution is 5.77. The van der Waals surface area contributed by atoms with E-state index >= 15 is 0 Å². The van der Waals surface area contributed by atoms with Crippen molar-refractivity contribution in [3.63, 3.8) is 0 Å². The number of likely N-dealkylation sites (tertiary alicyclic amines) is 1. The van der Waals surface area contributed by atoms with Crippen molar-refractivity contribution in [1.82, 2.24) is 10.2 Å². The number of ether oxygens (including phenoxy) is 1. The van der Waals surface area contributed by atoms with E-state index in [1.54, 1.807) is 0 Å². The van der Waals surface area contributed by atoms with Gasteiger partial charge in [0.2, 0.25) is 0 Å². The number of nitrogens with one attached hydrogen (secondary N) is 1. The van der Waals surface area contributed by atoms with Gasteiger partial charge in [0, 0.05) is 19.1 Å². The zero-order chi connectivity index (χ0) is 16.7. The first-order valence-corrected chi connectivity index (χ1v) is 8.77. The minimum Gasteiger partial charge on any atom is -0.483 e. The Morgan fingerprint density at radius 3 is 2.96 bits per heavy atom. The molecule has 1 atom stereocenters. The van der Waals surface area contributed by atoms with Crippen LogP contribution in [-0.2, 0) is 4.79 Å². The number of nitrogens with zero attached hydrogens (tertiary/aromatic N) is 1. The average molecular weight is 318 g/mol. The minimum atomic E-state index is -0.0439. The van der Waals surface area contributed by atoms with E-state index < -0.39 is 0 Å². The first kappa shape index (κ1) is 17.8. The minimum absolute atomic E-state index is 0.0439. The average Bonchev–Trinajstić information content (AvgIpc) is 2.54. The summed E-state index contributed by atoms with van der Waals surface area (Å²) < 4.78 is 5.62. The van der Waals surface area contributed by atoms with Crippen LogP contribution in [0, 0.1) is 13.8 Å². The number of aryl methyl sites for hydroxylation is 2. The van der Waals surface area contributed by atoms with Crippen LogP contribution in [0.15, 0.2) is 18.2 Å². The first-order valence-electron chi connectivity index (χ1n) is 8.77. The Labute approximate surface area is 140 Å². The van der Waals surface area contributed by atoms with Gasteiger partial charge in [-0.1, -0.05) is 18.6 Å². The zero-order valence-corrected chi connectivity index (χ0v) is 14.7. The van der Waals surface area contributed by atoms with Gasteiger partial charge in [-0.15, -0.1) is 0 Å². The largest absolute Gasteiger partial charge is 0.483 e. The fraction of sp³-hybridized carbons (Fsp3) is 0.632. The van der Waals surface area contributed by atoms with Gasteiger partial charge >= 0.3 is 0 Å². The van der Waals surface area contributed by atoms with Gasteiger partial charge in [0.25, 0.3) is 5.91 Å². The van der Waals surface area contributed by atoms with Crippen molar-refractivity contribution in [1.29, 1.82) is 0 Å². The van der Waals surface area contributed by atoms with Gasteiger partial charge in [0.05, 0.1) is 0 Å². The number of carbonyl (C=O) groups excluding carboxylic acids is 1. The maximum absolute atomic E-state index is 11.9. The van der Waals surface area contributed by atoms with Crippen LogP contribution in [0.3, 0.4) is 0 Å². The highest BCUT2D eigenvalue weighted by Crippen LogP contribution is 2.19. The molecule has 1 amide bonds. The SMILES string of the molecule is Cc1ccc(C)c(OCC(=O)NCCCN2CCCCC2C)c1. The third kappa shape index (κ3) is 5.87. The topological polar surface area (TPSA) is 41.6 Å². The van der Waals surface area contributed by atoms with E-state index in [-0.39, 0.29) is 12.5 Å². The van der Waals surface area contributed by atoms with Crippen molar-refractivity contribution in [3.05, 3.63) is 29.3 Å². The fourth-order valence-electron chi connectivity index (χ4n) is 3.06. The smallest absolute Gasteiger partial charge is 0.257 e. The Morgan fingerprint density at radius 1 is 1.35 bits per heavy atom. The molecule has 0 saturated carbocycles. The molecular formula is C19H30N2O2. The third-order valence-corrected chi connectivity index (χ3v) is 4.59. The highest BCUT2D eigenvalue weighted by Gasteiger charge is 2.17. The molecule has 1 unspecified atom stereocenters. The lowest BCUT2D eigenvalue weighted by atomic mass is 10.0. The Balaban J connectivity index is 1.62. The van der Waals surface area contributed by atoms with Crippen molar-refractivity contribution in [3.8, 4) is 5.75 Å². The molecule has 0 bridgehead atoms. The number of hydrogen-bond donors (Lipinski definition) is 1. The second-order valence-electron chi connectivity index (χ2n) is 6.64. The van der Waals surface area contributed by atoms with Crippen LogP contribution < -0.4 is 10.1 Å². The molecule has 2 rings (SSSR count). The Kier molecular flexibility index (Phi) is 6.90. The summed E-state index contributed by atoms with van der Waals surface area (Å²) in [6, 6.07) is 6.72. The normalized spacial score (nSPS) is 18.7. The highest BCUT2D eigenvalue weighted by atomic mass is 16.5. The predicted octanol–water partition coefficient (Wildman–Crippen LogP) is 3.06. The van der Waals surface area contributed by atoms with Crippen LogP contribution in [0.25, 0.3) is 0 Å². The van der Waals surface area contributed by atoms with Crippen LogP contribution in [0.1, 0.15) is 43.7 Å². The number of amides is 1. The van der Waals surface area contributed by atoms with E-state index in [0.29, 0.717) is 6.04 Å². The summed E-state index contributed by atoms with van der Waals surface area (Å²) in [6.45, 7) is 9.39. The maximum Gasteiger partial charge on any atom is 0.257 e. The predicted molar refractivity (Wildman–Crippen MR) is 93.9 cm³/mol. The molecule has 1 aromatic rings. The molecule has 1 aliphatic heterocycles. The van der Waals surface area contributed by atoms with Crippen LogP contribution >= 0.6 is 0 Å². The van der Waals surface area contributed by atoms with Crippen LogP contribution in [-0.4, -0.2) is 43.1 Å². The molecule has 1 aromatic carbocycles. The van der Waals surface area contributed by atoms with Gasteiger partial charge in [0.1, 0.15) is 5.75 Å². The number of carbonyl (C=O) groups is 1. The van der Waals surface area contributed by atoms with E-state index in [0.717, 1.165) is 36.4 Å². The van der Waals surface area contributed by atoms with Gasteiger partial charge in [-0.05, 0) is 63.8 Å². The van der Waals surface area contributed by atoms with Crippen molar-refractivity contribution in [2.24, 2.45) is 0 Å². The number of piperidine rings is 1. The van der Waals surface area contributed by atoms with E-state index in [9.17, 15) is 4.79 Å². The molecule has 23 heavy (non-hydrogen) atoms. The molecule has 1 fully saturated rings. The molecule has 1 N–H and O–H groups in total. The van der Waals surface area contributed by atoms with E-state index in [2.05, 4.69) is 17.1 Å². The summed E-state index contributed by atoms with van der Waals surface area (Å²) in [4.78, 5) is 14.4. The Hall–Kier alpha value is -1.55. The number of benzene rings is 1. The van der Waals surface area contributed by atoms with Crippen molar-refractivity contribution >= 4 is 5.91 Å². The fourth-order valence-corrected chi connectivity index (χ4v) is 3.06. The van der Waals surface area contributed by atoms with Gasteiger partial charge < -0.3 is 15.0 Å². The Bertz CT molecular complexity index is 516. The first-order chi connectivity index (χ1) is 11.1.